The lowest BCUT2D eigenvalue weighted by Gasteiger charge is -2.56. The van der Waals surface area contributed by atoms with Crippen molar-refractivity contribution in [2.75, 3.05) is 19.6 Å². The summed E-state index contributed by atoms with van der Waals surface area (Å²) in [5.41, 5.74) is 5.20. The van der Waals surface area contributed by atoms with Crippen LogP contribution in [0.25, 0.3) is 0 Å². The molecule has 1 saturated carbocycles. The second-order valence-corrected chi connectivity index (χ2v) is 11.2. The zero-order valence-corrected chi connectivity index (χ0v) is 21.0. The van der Waals surface area contributed by atoms with Gasteiger partial charge in [0.15, 0.2) is 0 Å². The van der Waals surface area contributed by atoms with Gasteiger partial charge in [-0.2, -0.15) is 0 Å². The first-order valence-corrected chi connectivity index (χ1v) is 13.2. The molecule has 2 fully saturated rings. The Morgan fingerprint density at radius 2 is 1.97 bits per heavy atom. The van der Waals surface area contributed by atoms with Gasteiger partial charge in [-0.05, 0) is 97.9 Å². The molecule has 2 bridgehead atoms. The molecule has 2 aromatic rings. The molecule has 0 radical (unpaired) electrons. The number of hydrogen-bond donors (Lipinski definition) is 1. The highest BCUT2D eigenvalue weighted by atomic mass is 79.9. The summed E-state index contributed by atoms with van der Waals surface area (Å²) in [6.45, 7) is 7.99. The monoisotopic (exact) mass is 494 g/mol. The number of fused-ring (bicyclic) bond motifs is 4. The Bertz CT molecular complexity index is 983. The molecular formula is C28H35BrN2O. The highest BCUT2D eigenvalue weighted by molar-refractivity contribution is 9.10. The van der Waals surface area contributed by atoms with Crippen molar-refractivity contribution in [3.8, 4) is 0 Å². The fourth-order valence-corrected chi connectivity index (χ4v) is 6.58. The maximum Gasteiger partial charge on any atom is 0.251 e. The Balaban J connectivity index is 1.31. The second kappa shape index (κ2) is 8.95. The maximum atomic E-state index is 13.0. The zero-order chi connectivity index (χ0) is 22.3. The number of nitrogens with one attached hydrogen (secondary N) is 1. The summed E-state index contributed by atoms with van der Waals surface area (Å²) in [5.74, 6) is 1.64. The molecule has 3 atom stereocenters. The second-order valence-electron chi connectivity index (χ2n) is 10.3. The van der Waals surface area contributed by atoms with Crippen LogP contribution in [0.5, 0.6) is 0 Å². The number of nitrogens with zero attached hydrogens (tertiary/aromatic N) is 1. The van der Waals surface area contributed by atoms with Gasteiger partial charge >= 0.3 is 0 Å². The van der Waals surface area contributed by atoms with E-state index in [1.165, 1.54) is 49.0 Å². The predicted molar refractivity (Wildman–Crippen MR) is 134 cm³/mol. The van der Waals surface area contributed by atoms with Gasteiger partial charge in [0.2, 0.25) is 0 Å². The van der Waals surface area contributed by atoms with E-state index in [0.717, 1.165) is 35.2 Å². The van der Waals surface area contributed by atoms with Gasteiger partial charge < -0.3 is 5.32 Å². The maximum absolute atomic E-state index is 13.0. The standard InChI is InChI=1S/C28H35BrN2O/c1-3-28-13-15-31(18-21-4-5-21)26(19(28)2)17-22-8-9-23(16-25(22)28)27(32)30-14-12-20-6-10-24(29)11-7-20/h6-11,16,19,21,26H,3-5,12-15,17-18H2,1-2H3,(H,30,32). The van der Waals surface area contributed by atoms with E-state index in [4.69, 9.17) is 0 Å². The molecule has 170 valence electrons. The van der Waals surface area contributed by atoms with Gasteiger partial charge in [0, 0.05) is 34.6 Å². The summed E-state index contributed by atoms with van der Waals surface area (Å²) in [6.07, 6.45) is 7.20. The highest BCUT2D eigenvalue weighted by Gasteiger charge is 2.50. The molecular weight excluding hydrogens is 460 g/mol. The number of rotatable bonds is 7. The Morgan fingerprint density at radius 1 is 1.19 bits per heavy atom. The zero-order valence-electron chi connectivity index (χ0n) is 19.4. The first-order chi connectivity index (χ1) is 15.5. The van der Waals surface area contributed by atoms with Gasteiger partial charge in [-0.3, -0.25) is 9.69 Å². The number of carbonyl (C=O) groups is 1. The van der Waals surface area contributed by atoms with Gasteiger partial charge in [0.05, 0.1) is 0 Å². The number of carbonyl (C=O) groups excluding carboxylic acids is 1. The molecule has 0 aromatic heterocycles. The largest absolute Gasteiger partial charge is 0.352 e. The van der Waals surface area contributed by atoms with E-state index in [1.54, 1.807) is 0 Å². The van der Waals surface area contributed by atoms with Crippen LogP contribution in [0, 0.1) is 11.8 Å². The summed E-state index contributed by atoms with van der Waals surface area (Å²) < 4.78 is 1.08. The van der Waals surface area contributed by atoms with Crippen molar-refractivity contribution < 1.29 is 4.79 Å². The highest BCUT2D eigenvalue weighted by Crippen LogP contribution is 2.51. The van der Waals surface area contributed by atoms with Crippen LogP contribution in [0.1, 0.15) is 66.6 Å². The van der Waals surface area contributed by atoms with Crippen LogP contribution < -0.4 is 5.32 Å². The molecule has 2 aromatic carbocycles. The summed E-state index contributed by atoms with van der Waals surface area (Å²) in [4.78, 5) is 15.8. The van der Waals surface area contributed by atoms with Crippen molar-refractivity contribution in [1.82, 2.24) is 10.2 Å². The minimum atomic E-state index is 0.0529. The number of hydrogen-bond acceptors (Lipinski definition) is 2. The van der Waals surface area contributed by atoms with Crippen LogP contribution in [-0.2, 0) is 18.3 Å². The Morgan fingerprint density at radius 3 is 2.69 bits per heavy atom. The molecule has 3 nitrogen and oxygen atoms in total. The van der Waals surface area contributed by atoms with E-state index in [2.05, 4.69) is 76.4 Å². The summed E-state index contributed by atoms with van der Waals surface area (Å²) in [6, 6.07) is 15.5. The topological polar surface area (TPSA) is 32.3 Å². The van der Waals surface area contributed by atoms with Crippen LogP contribution >= 0.6 is 15.9 Å². The fourth-order valence-electron chi connectivity index (χ4n) is 6.31. The van der Waals surface area contributed by atoms with Crippen molar-refractivity contribution in [2.24, 2.45) is 11.8 Å². The predicted octanol–water partition coefficient (Wildman–Crippen LogP) is 5.75. The van der Waals surface area contributed by atoms with Gasteiger partial charge in [-0.25, -0.2) is 0 Å². The number of halogens is 1. The fraction of sp³-hybridized carbons (Fsp3) is 0.536. The smallest absolute Gasteiger partial charge is 0.251 e. The van der Waals surface area contributed by atoms with Crippen molar-refractivity contribution in [1.29, 1.82) is 0 Å². The van der Waals surface area contributed by atoms with Crippen molar-refractivity contribution >= 4 is 21.8 Å². The first kappa shape index (κ1) is 22.2. The van der Waals surface area contributed by atoms with E-state index < -0.39 is 0 Å². The molecule has 1 aliphatic heterocycles. The van der Waals surface area contributed by atoms with E-state index in [1.807, 2.05) is 6.07 Å². The summed E-state index contributed by atoms with van der Waals surface area (Å²) in [5, 5.41) is 3.14. The lowest BCUT2D eigenvalue weighted by Crippen LogP contribution is -2.59. The van der Waals surface area contributed by atoms with E-state index in [-0.39, 0.29) is 11.3 Å². The van der Waals surface area contributed by atoms with Gasteiger partial charge in [-0.15, -0.1) is 0 Å². The molecule has 1 saturated heterocycles. The van der Waals surface area contributed by atoms with E-state index in [0.29, 0.717) is 18.5 Å². The van der Waals surface area contributed by atoms with Crippen molar-refractivity contribution in [3.05, 3.63) is 69.2 Å². The van der Waals surface area contributed by atoms with Gasteiger partial charge in [0.1, 0.15) is 0 Å². The van der Waals surface area contributed by atoms with Gasteiger partial charge in [0.25, 0.3) is 5.91 Å². The number of amides is 1. The third-order valence-electron chi connectivity index (χ3n) is 8.53. The van der Waals surface area contributed by atoms with Gasteiger partial charge in [-0.1, -0.05) is 48.0 Å². The van der Waals surface area contributed by atoms with E-state index in [9.17, 15) is 4.79 Å². The molecule has 3 unspecified atom stereocenters. The average molecular weight is 496 g/mol. The quantitative estimate of drug-likeness (QED) is 0.531. The SMILES string of the molecule is CCC12CCN(CC3CC3)C(Cc3ccc(C(=O)NCCc4ccc(Br)cc4)cc31)C2C. The summed E-state index contributed by atoms with van der Waals surface area (Å²) in [7, 11) is 0. The van der Waals surface area contributed by atoms with Crippen molar-refractivity contribution in [2.45, 2.75) is 63.8 Å². The number of benzene rings is 2. The molecule has 32 heavy (non-hydrogen) atoms. The molecule has 1 amide bonds. The van der Waals surface area contributed by atoms with Crippen LogP contribution in [0.2, 0.25) is 0 Å². The lowest BCUT2D eigenvalue weighted by atomic mass is 9.56. The molecule has 3 aliphatic rings. The Hall–Kier alpha value is -1.65. The van der Waals surface area contributed by atoms with E-state index >= 15 is 0 Å². The minimum Gasteiger partial charge on any atom is -0.352 e. The number of likely N-dealkylation sites (tertiary alicyclic amines) is 1. The third kappa shape index (κ3) is 4.17. The normalized spacial score (nSPS) is 27.1. The molecule has 1 heterocycles. The molecule has 2 aliphatic carbocycles. The Labute approximate surface area is 201 Å². The summed E-state index contributed by atoms with van der Waals surface area (Å²) >= 11 is 3.47. The first-order valence-electron chi connectivity index (χ1n) is 12.4. The third-order valence-corrected chi connectivity index (χ3v) is 9.06. The molecule has 5 rings (SSSR count). The van der Waals surface area contributed by atoms with Crippen molar-refractivity contribution in [3.63, 3.8) is 0 Å². The van der Waals surface area contributed by atoms with Crippen LogP contribution in [0.4, 0.5) is 0 Å². The molecule has 0 spiro atoms. The van der Waals surface area contributed by atoms with Crippen LogP contribution in [0.3, 0.4) is 0 Å². The van der Waals surface area contributed by atoms with Crippen LogP contribution in [-0.4, -0.2) is 36.5 Å². The lowest BCUT2D eigenvalue weighted by molar-refractivity contribution is 0.0180. The Kier molecular flexibility index (Phi) is 6.19. The number of piperidine rings is 1. The van der Waals surface area contributed by atoms with Crippen LogP contribution in [0.15, 0.2) is 46.9 Å². The molecule has 1 N–H and O–H groups in total. The molecule has 4 heteroatoms. The average Bonchev–Trinajstić information content (AvgIpc) is 3.61. The minimum absolute atomic E-state index is 0.0529.